The molecule has 1 aromatic rings. The van der Waals surface area contributed by atoms with Gasteiger partial charge in [0.1, 0.15) is 5.82 Å². The monoisotopic (exact) mass is 450 g/mol. The van der Waals surface area contributed by atoms with Crippen LogP contribution >= 0.6 is 0 Å². The zero-order valence-electron chi connectivity index (χ0n) is 18.5. The molecule has 3 heterocycles. The summed E-state index contributed by atoms with van der Waals surface area (Å²) in [5, 5.41) is 12.8. The van der Waals surface area contributed by atoms with Crippen LogP contribution in [0.15, 0.2) is 11.8 Å². The number of anilines is 2. The van der Waals surface area contributed by atoms with E-state index in [2.05, 4.69) is 21.3 Å². The molecule has 172 valence electrons. The number of rotatable bonds is 7. The first kappa shape index (κ1) is 22.4. The highest BCUT2D eigenvalue weighted by molar-refractivity contribution is 7.86. The SMILES string of the molecule is CN(C)S(=O)(=O)N1CCC(Nc2ncc3c(n2)N(C2CCCC2)CC(CCO)=C3)CC1. The smallest absolute Gasteiger partial charge is 0.281 e. The number of aliphatic hydroxyl groups is 1. The summed E-state index contributed by atoms with van der Waals surface area (Å²) in [5.74, 6) is 1.58. The Morgan fingerprint density at radius 1 is 1.19 bits per heavy atom. The Hall–Kier alpha value is -1.75. The van der Waals surface area contributed by atoms with Gasteiger partial charge in [-0.3, -0.25) is 0 Å². The Morgan fingerprint density at radius 2 is 1.90 bits per heavy atom. The second kappa shape index (κ2) is 9.40. The molecular weight excluding hydrogens is 416 g/mol. The van der Waals surface area contributed by atoms with Gasteiger partial charge in [0, 0.05) is 64.2 Å². The fourth-order valence-electron chi connectivity index (χ4n) is 4.80. The van der Waals surface area contributed by atoms with E-state index < -0.39 is 10.2 Å². The van der Waals surface area contributed by atoms with E-state index in [1.807, 2.05) is 6.20 Å². The highest BCUT2D eigenvalue weighted by Gasteiger charge is 2.31. The van der Waals surface area contributed by atoms with E-state index in [1.165, 1.54) is 39.9 Å². The van der Waals surface area contributed by atoms with E-state index in [1.54, 1.807) is 14.1 Å². The summed E-state index contributed by atoms with van der Waals surface area (Å²) in [5.41, 5.74) is 2.24. The van der Waals surface area contributed by atoms with E-state index in [0.29, 0.717) is 31.5 Å². The molecule has 31 heavy (non-hydrogen) atoms. The van der Waals surface area contributed by atoms with Gasteiger partial charge in [-0.25, -0.2) is 4.98 Å². The molecule has 1 aromatic heterocycles. The molecule has 9 nitrogen and oxygen atoms in total. The molecule has 0 aromatic carbocycles. The summed E-state index contributed by atoms with van der Waals surface area (Å²) >= 11 is 0. The van der Waals surface area contributed by atoms with Crippen LogP contribution in [0.4, 0.5) is 11.8 Å². The lowest BCUT2D eigenvalue weighted by Gasteiger charge is -2.36. The van der Waals surface area contributed by atoms with Gasteiger partial charge in [-0.2, -0.15) is 22.0 Å². The minimum Gasteiger partial charge on any atom is -0.396 e. The van der Waals surface area contributed by atoms with Crippen molar-refractivity contribution in [2.45, 2.75) is 57.0 Å². The van der Waals surface area contributed by atoms with Crippen LogP contribution in [0.2, 0.25) is 0 Å². The molecule has 0 radical (unpaired) electrons. The van der Waals surface area contributed by atoms with Gasteiger partial charge in [0.2, 0.25) is 5.95 Å². The quantitative estimate of drug-likeness (QED) is 0.652. The summed E-state index contributed by atoms with van der Waals surface area (Å²) in [6.07, 6.45) is 11.0. The third-order valence-electron chi connectivity index (χ3n) is 6.57. The number of nitrogens with one attached hydrogen (secondary N) is 1. The molecule has 0 atom stereocenters. The minimum atomic E-state index is -3.36. The van der Waals surface area contributed by atoms with Gasteiger partial charge in [0.15, 0.2) is 0 Å². The molecule has 1 saturated carbocycles. The molecule has 0 bridgehead atoms. The molecule has 2 fully saturated rings. The zero-order valence-corrected chi connectivity index (χ0v) is 19.3. The lowest BCUT2D eigenvalue weighted by Crippen LogP contribution is -2.46. The van der Waals surface area contributed by atoms with Gasteiger partial charge in [-0.05, 0) is 43.8 Å². The van der Waals surface area contributed by atoms with Crippen LogP contribution in [0.3, 0.4) is 0 Å². The Bertz CT molecular complexity index is 906. The molecule has 0 amide bonds. The summed E-state index contributed by atoms with van der Waals surface area (Å²) in [4.78, 5) is 11.8. The first-order chi connectivity index (χ1) is 14.9. The van der Waals surface area contributed by atoms with Crippen LogP contribution in [0.5, 0.6) is 0 Å². The number of piperidine rings is 1. The first-order valence-electron chi connectivity index (χ1n) is 11.3. The molecule has 0 unspecified atom stereocenters. The molecule has 0 spiro atoms. The van der Waals surface area contributed by atoms with Crippen LogP contribution in [0.1, 0.15) is 50.5 Å². The third kappa shape index (κ3) is 4.87. The van der Waals surface area contributed by atoms with Crippen molar-refractivity contribution in [1.82, 2.24) is 18.6 Å². The van der Waals surface area contributed by atoms with Gasteiger partial charge in [0.05, 0.1) is 0 Å². The lowest BCUT2D eigenvalue weighted by atomic mass is 10.0. The first-order valence-corrected chi connectivity index (χ1v) is 12.7. The Kier molecular flexibility index (Phi) is 6.80. The van der Waals surface area contributed by atoms with Crippen molar-refractivity contribution >= 4 is 28.1 Å². The van der Waals surface area contributed by atoms with Crippen molar-refractivity contribution in [1.29, 1.82) is 0 Å². The number of hydrogen-bond donors (Lipinski definition) is 2. The average Bonchev–Trinajstić information content (AvgIpc) is 3.29. The van der Waals surface area contributed by atoms with E-state index in [9.17, 15) is 13.5 Å². The van der Waals surface area contributed by atoms with Gasteiger partial charge < -0.3 is 15.3 Å². The maximum atomic E-state index is 12.3. The van der Waals surface area contributed by atoms with Gasteiger partial charge in [-0.15, -0.1) is 0 Å². The molecule has 1 aliphatic carbocycles. The largest absolute Gasteiger partial charge is 0.396 e. The molecular formula is C21H34N6O3S. The predicted octanol–water partition coefficient (Wildman–Crippen LogP) is 1.69. The Balaban J connectivity index is 1.47. The fraction of sp³-hybridized carbons (Fsp3) is 0.714. The zero-order chi connectivity index (χ0) is 22.0. The van der Waals surface area contributed by atoms with Gasteiger partial charge >= 0.3 is 0 Å². The molecule has 10 heteroatoms. The van der Waals surface area contributed by atoms with E-state index in [-0.39, 0.29) is 12.6 Å². The van der Waals surface area contributed by atoms with Crippen molar-refractivity contribution in [2.75, 3.05) is 50.6 Å². The summed E-state index contributed by atoms with van der Waals surface area (Å²) in [7, 11) is -0.225. The van der Waals surface area contributed by atoms with E-state index >= 15 is 0 Å². The number of nitrogens with zero attached hydrogens (tertiary/aromatic N) is 5. The second-order valence-corrected chi connectivity index (χ2v) is 11.1. The number of hydrogen-bond acceptors (Lipinski definition) is 7. The molecule has 2 N–H and O–H groups in total. The number of aromatic nitrogens is 2. The second-order valence-electron chi connectivity index (χ2n) is 8.92. The summed E-state index contributed by atoms with van der Waals surface area (Å²) in [6.45, 7) is 1.95. The maximum absolute atomic E-state index is 12.3. The van der Waals surface area contributed by atoms with E-state index in [4.69, 9.17) is 4.98 Å². The minimum absolute atomic E-state index is 0.149. The fourth-order valence-corrected chi connectivity index (χ4v) is 5.93. The molecule has 2 aliphatic heterocycles. The van der Waals surface area contributed by atoms with Gasteiger partial charge in [0.25, 0.3) is 10.2 Å². The van der Waals surface area contributed by atoms with Crippen molar-refractivity contribution in [3.05, 3.63) is 17.3 Å². The summed E-state index contributed by atoms with van der Waals surface area (Å²) < 4.78 is 27.5. The van der Waals surface area contributed by atoms with Crippen LogP contribution in [0, 0.1) is 0 Å². The molecule has 1 saturated heterocycles. The van der Waals surface area contributed by atoms with Crippen molar-refractivity contribution in [3.63, 3.8) is 0 Å². The highest BCUT2D eigenvalue weighted by Crippen LogP contribution is 2.35. The number of fused-ring (bicyclic) bond motifs is 1. The summed E-state index contributed by atoms with van der Waals surface area (Å²) in [6, 6.07) is 0.638. The standard InChI is InChI=1S/C21H34N6O3S/c1-25(2)31(29,30)26-10-7-18(8-11-26)23-21-22-14-17-13-16(9-12-28)15-27(20(17)24-21)19-5-3-4-6-19/h13-14,18-19,28H,3-12,15H2,1-2H3,(H,22,23,24). The maximum Gasteiger partial charge on any atom is 0.281 e. The normalized spacial score (nSPS) is 21.4. The molecule has 4 rings (SSSR count). The van der Waals surface area contributed by atoms with Crippen molar-refractivity contribution < 1.29 is 13.5 Å². The Morgan fingerprint density at radius 3 is 2.55 bits per heavy atom. The lowest BCUT2D eigenvalue weighted by molar-refractivity contribution is 0.298. The predicted molar refractivity (Wildman–Crippen MR) is 122 cm³/mol. The van der Waals surface area contributed by atoms with Crippen molar-refractivity contribution in [3.8, 4) is 0 Å². The van der Waals surface area contributed by atoms with Crippen LogP contribution in [0.25, 0.3) is 6.08 Å². The van der Waals surface area contributed by atoms with E-state index in [0.717, 1.165) is 30.8 Å². The van der Waals surface area contributed by atoms with Crippen LogP contribution in [-0.4, -0.2) is 84.5 Å². The third-order valence-corrected chi connectivity index (χ3v) is 8.51. The van der Waals surface area contributed by atoms with Crippen LogP contribution < -0.4 is 10.2 Å². The average molecular weight is 451 g/mol. The van der Waals surface area contributed by atoms with Crippen LogP contribution in [-0.2, 0) is 10.2 Å². The van der Waals surface area contributed by atoms with Crippen molar-refractivity contribution in [2.24, 2.45) is 0 Å². The highest BCUT2D eigenvalue weighted by atomic mass is 32.2. The van der Waals surface area contributed by atoms with Gasteiger partial charge in [-0.1, -0.05) is 12.8 Å². The molecule has 3 aliphatic rings. The number of aliphatic hydroxyl groups excluding tert-OH is 1. The Labute approximate surface area is 185 Å². The topological polar surface area (TPSA) is 102 Å².